The lowest BCUT2D eigenvalue weighted by Gasteiger charge is -2.26. The maximum absolute atomic E-state index is 13.9. The van der Waals surface area contributed by atoms with Crippen LogP contribution in [0.3, 0.4) is 0 Å². The summed E-state index contributed by atoms with van der Waals surface area (Å²) in [6.45, 7) is 1.70. The Balaban J connectivity index is 1.96. The molecular formula is C28H33N3O9S. The van der Waals surface area contributed by atoms with Crippen LogP contribution < -0.4 is 38.2 Å². The Morgan fingerprint density at radius 1 is 0.805 bits per heavy atom. The van der Waals surface area contributed by atoms with Crippen molar-refractivity contribution >= 4 is 27.8 Å². The van der Waals surface area contributed by atoms with Gasteiger partial charge in [-0.1, -0.05) is 0 Å². The van der Waals surface area contributed by atoms with E-state index < -0.39 is 22.5 Å². The molecular weight excluding hydrogens is 554 g/mol. The standard InChI is InChI=1S/C28H33N3O9S/c1-7-40-25-11-8-19(14-26(25)38-5)17-29-30-28(32)18-31(22-15-20(35-2)9-12-23(22)36-3)41(33,34)21-10-13-24(37-4)27(16-21)39-6/h8-17H,7,18H2,1-6H3,(H,30,32)/b29-17-. The molecule has 13 heteroatoms. The van der Waals surface area contributed by atoms with E-state index in [0.29, 0.717) is 35.2 Å². The number of nitrogens with one attached hydrogen (secondary N) is 1. The van der Waals surface area contributed by atoms with Crippen molar-refractivity contribution < 1.29 is 41.6 Å². The number of hydrazone groups is 1. The molecule has 0 bridgehead atoms. The first-order valence-electron chi connectivity index (χ1n) is 12.3. The van der Waals surface area contributed by atoms with Crippen LogP contribution in [0.1, 0.15) is 12.5 Å². The number of hydrogen-bond donors (Lipinski definition) is 1. The average Bonchev–Trinajstić information content (AvgIpc) is 2.99. The lowest BCUT2D eigenvalue weighted by molar-refractivity contribution is -0.119. The number of amides is 1. The Kier molecular flexibility index (Phi) is 10.6. The molecule has 3 rings (SSSR count). The minimum Gasteiger partial charge on any atom is -0.497 e. The SMILES string of the molecule is CCOc1ccc(/C=N\NC(=O)CN(c2cc(OC)ccc2OC)S(=O)(=O)c2ccc(OC)c(OC)c2)cc1OC. The van der Waals surface area contributed by atoms with Gasteiger partial charge in [0.05, 0.1) is 59.0 Å². The van der Waals surface area contributed by atoms with E-state index in [1.165, 1.54) is 66.0 Å². The van der Waals surface area contributed by atoms with Gasteiger partial charge in [0.1, 0.15) is 18.0 Å². The van der Waals surface area contributed by atoms with E-state index in [1.807, 2.05) is 6.92 Å². The topological polar surface area (TPSA) is 134 Å². The van der Waals surface area contributed by atoms with E-state index in [0.717, 1.165) is 4.31 Å². The summed E-state index contributed by atoms with van der Waals surface area (Å²) in [5.74, 6) is 1.46. The van der Waals surface area contributed by atoms with Crippen LogP contribution in [0.4, 0.5) is 5.69 Å². The van der Waals surface area contributed by atoms with E-state index >= 15 is 0 Å². The fourth-order valence-electron chi connectivity index (χ4n) is 3.78. The Labute approximate surface area is 239 Å². The van der Waals surface area contributed by atoms with Crippen molar-refractivity contribution in [1.82, 2.24) is 5.43 Å². The third kappa shape index (κ3) is 7.31. The highest BCUT2D eigenvalue weighted by Crippen LogP contribution is 2.37. The summed E-state index contributed by atoms with van der Waals surface area (Å²) in [7, 11) is 2.83. The van der Waals surface area contributed by atoms with Crippen LogP contribution >= 0.6 is 0 Å². The molecule has 12 nitrogen and oxygen atoms in total. The van der Waals surface area contributed by atoms with E-state index in [-0.39, 0.29) is 22.1 Å². The fraction of sp³-hybridized carbons (Fsp3) is 0.286. The average molecular weight is 588 g/mol. The molecule has 220 valence electrons. The van der Waals surface area contributed by atoms with Crippen LogP contribution in [0, 0.1) is 0 Å². The van der Waals surface area contributed by atoms with Crippen molar-refractivity contribution in [3.63, 3.8) is 0 Å². The van der Waals surface area contributed by atoms with Crippen molar-refractivity contribution in [1.29, 1.82) is 0 Å². The first-order chi connectivity index (χ1) is 19.7. The number of carbonyl (C=O) groups excluding carboxylic acids is 1. The van der Waals surface area contributed by atoms with Gasteiger partial charge in [-0.2, -0.15) is 5.10 Å². The highest BCUT2D eigenvalue weighted by Gasteiger charge is 2.31. The van der Waals surface area contributed by atoms with Crippen molar-refractivity contribution in [2.75, 3.05) is 53.0 Å². The molecule has 0 aliphatic heterocycles. The van der Waals surface area contributed by atoms with Gasteiger partial charge in [-0.05, 0) is 55.0 Å². The number of carbonyl (C=O) groups is 1. The van der Waals surface area contributed by atoms with E-state index in [9.17, 15) is 13.2 Å². The molecule has 0 aliphatic carbocycles. The molecule has 0 aromatic heterocycles. The second-order valence-corrected chi connectivity index (χ2v) is 10.1. The number of benzene rings is 3. The van der Waals surface area contributed by atoms with Crippen molar-refractivity contribution in [2.24, 2.45) is 5.10 Å². The van der Waals surface area contributed by atoms with E-state index in [2.05, 4.69) is 10.5 Å². The molecule has 1 amide bonds. The molecule has 0 fully saturated rings. The molecule has 0 atom stereocenters. The highest BCUT2D eigenvalue weighted by molar-refractivity contribution is 7.92. The third-order valence-electron chi connectivity index (χ3n) is 5.78. The number of anilines is 1. The van der Waals surface area contributed by atoms with Gasteiger partial charge in [0.15, 0.2) is 23.0 Å². The Hall–Kier alpha value is -4.65. The summed E-state index contributed by atoms with van der Waals surface area (Å²) < 4.78 is 60.9. The van der Waals surface area contributed by atoms with E-state index in [4.69, 9.17) is 28.4 Å². The zero-order valence-corrected chi connectivity index (χ0v) is 24.5. The number of methoxy groups -OCH3 is 5. The molecule has 0 radical (unpaired) electrons. The maximum atomic E-state index is 13.9. The highest BCUT2D eigenvalue weighted by atomic mass is 32.2. The molecule has 1 N–H and O–H groups in total. The van der Waals surface area contributed by atoms with Gasteiger partial charge in [-0.25, -0.2) is 13.8 Å². The zero-order chi connectivity index (χ0) is 30.0. The molecule has 0 saturated heterocycles. The van der Waals surface area contributed by atoms with Gasteiger partial charge in [0.2, 0.25) is 0 Å². The zero-order valence-electron chi connectivity index (χ0n) is 23.7. The molecule has 3 aromatic rings. The minimum atomic E-state index is -4.34. The number of hydrogen-bond acceptors (Lipinski definition) is 10. The van der Waals surface area contributed by atoms with Crippen LogP contribution in [-0.4, -0.2) is 69.2 Å². The maximum Gasteiger partial charge on any atom is 0.265 e. The third-order valence-corrected chi connectivity index (χ3v) is 7.53. The molecule has 0 heterocycles. The Morgan fingerprint density at radius 3 is 2.07 bits per heavy atom. The van der Waals surface area contributed by atoms with Gasteiger partial charge >= 0.3 is 0 Å². The normalized spacial score (nSPS) is 11.1. The van der Waals surface area contributed by atoms with Crippen molar-refractivity contribution in [3.8, 4) is 34.5 Å². The Bertz CT molecular complexity index is 1490. The predicted molar refractivity (Wildman–Crippen MR) is 154 cm³/mol. The van der Waals surface area contributed by atoms with Crippen LogP contribution in [0.5, 0.6) is 34.5 Å². The fourth-order valence-corrected chi connectivity index (χ4v) is 5.22. The number of nitrogens with zero attached hydrogens (tertiary/aromatic N) is 2. The molecule has 0 saturated carbocycles. The second kappa shape index (κ2) is 14.1. The summed E-state index contributed by atoms with van der Waals surface area (Å²) in [6, 6.07) is 13.9. The number of sulfonamides is 1. The summed E-state index contributed by atoms with van der Waals surface area (Å²) in [5.41, 5.74) is 3.08. The molecule has 3 aromatic carbocycles. The lowest BCUT2D eigenvalue weighted by Crippen LogP contribution is -2.39. The molecule has 41 heavy (non-hydrogen) atoms. The predicted octanol–water partition coefficient (Wildman–Crippen LogP) is 3.47. The van der Waals surface area contributed by atoms with Gasteiger partial charge < -0.3 is 28.4 Å². The van der Waals surface area contributed by atoms with E-state index in [1.54, 1.807) is 30.3 Å². The quantitative estimate of drug-likeness (QED) is 0.222. The van der Waals surface area contributed by atoms with Crippen molar-refractivity contribution in [3.05, 3.63) is 60.2 Å². The minimum absolute atomic E-state index is 0.0806. The monoisotopic (exact) mass is 587 g/mol. The summed E-state index contributed by atoms with van der Waals surface area (Å²) in [4.78, 5) is 12.9. The summed E-state index contributed by atoms with van der Waals surface area (Å²) in [6.07, 6.45) is 1.40. The molecule has 0 spiro atoms. The number of rotatable bonds is 14. The summed E-state index contributed by atoms with van der Waals surface area (Å²) in [5, 5.41) is 3.99. The Morgan fingerprint density at radius 2 is 1.44 bits per heavy atom. The van der Waals surface area contributed by atoms with Gasteiger partial charge in [0.25, 0.3) is 15.9 Å². The first kappa shape index (κ1) is 30.9. The smallest absolute Gasteiger partial charge is 0.265 e. The van der Waals surface area contributed by atoms with Crippen LogP contribution in [0.2, 0.25) is 0 Å². The largest absolute Gasteiger partial charge is 0.497 e. The first-order valence-corrected chi connectivity index (χ1v) is 13.8. The van der Waals surface area contributed by atoms with Gasteiger partial charge in [-0.3, -0.25) is 9.10 Å². The van der Waals surface area contributed by atoms with Crippen molar-refractivity contribution in [2.45, 2.75) is 11.8 Å². The van der Waals surface area contributed by atoms with Crippen LogP contribution in [0.15, 0.2) is 64.6 Å². The molecule has 0 aliphatic rings. The second-order valence-electron chi connectivity index (χ2n) is 8.20. The molecule has 0 unspecified atom stereocenters. The van der Waals surface area contributed by atoms with Crippen LogP contribution in [-0.2, 0) is 14.8 Å². The lowest BCUT2D eigenvalue weighted by atomic mass is 10.2. The van der Waals surface area contributed by atoms with Gasteiger partial charge in [-0.15, -0.1) is 0 Å². The number of ether oxygens (including phenoxy) is 6. The van der Waals surface area contributed by atoms with Crippen LogP contribution in [0.25, 0.3) is 0 Å². The summed E-state index contributed by atoms with van der Waals surface area (Å²) >= 11 is 0. The van der Waals surface area contributed by atoms with Gasteiger partial charge in [0, 0.05) is 12.1 Å².